The van der Waals surface area contributed by atoms with E-state index in [1.54, 1.807) is 0 Å². The third kappa shape index (κ3) is 3.03. The number of hydrogen-bond acceptors (Lipinski definition) is 1. The second-order valence-electron chi connectivity index (χ2n) is 10.7. The second-order valence-corrected chi connectivity index (χ2v) is 10.7. The van der Waals surface area contributed by atoms with Gasteiger partial charge in [-0.15, -0.1) is 0 Å². The van der Waals surface area contributed by atoms with E-state index in [9.17, 15) is 0 Å². The standard InChI is InChI=1S/C28H33N/c1-18-9-11-21-22-16-19(25-17-20(13-14-29-25)26(2,3)4)10-12-23(22)27(5,6)28(7,8)24(21)15-18/h9-17H,1-8H3. The van der Waals surface area contributed by atoms with Gasteiger partial charge >= 0.3 is 0 Å². The average molecular weight is 384 g/mol. The van der Waals surface area contributed by atoms with Crippen LogP contribution in [-0.4, -0.2) is 4.98 Å². The zero-order valence-electron chi connectivity index (χ0n) is 19.1. The Morgan fingerprint density at radius 1 is 0.724 bits per heavy atom. The van der Waals surface area contributed by atoms with Crippen molar-refractivity contribution in [2.75, 3.05) is 0 Å². The van der Waals surface area contributed by atoms with Crippen LogP contribution in [0.3, 0.4) is 0 Å². The van der Waals surface area contributed by atoms with Gasteiger partial charge in [0, 0.05) is 11.8 Å². The van der Waals surface area contributed by atoms with Gasteiger partial charge in [0.15, 0.2) is 0 Å². The summed E-state index contributed by atoms with van der Waals surface area (Å²) >= 11 is 0. The van der Waals surface area contributed by atoms with E-state index in [1.807, 2.05) is 6.20 Å². The van der Waals surface area contributed by atoms with E-state index in [2.05, 4.69) is 104 Å². The SMILES string of the molecule is Cc1ccc2c(c1)C(C)(C)C(C)(C)c1ccc(-c3cc(C(C)(C)C)ccn3)cc1-2. The van der Waals surface area contributed by atoms with Crippen molar-refractivity contribution >= 4 is 0 Å². The smallest absolute Gasteiger partial charge is 0.0705 e. The first kappa shape index (κ1) is 19.9. The van der Waals surface area contributed by atoms with Crippen LogP contribution in [0, 0.1) is 6.92 Å². The van der Waals surface area contributed by atoms with Gasteiger partial charge in [-0.25, -0.2) is 0 Å². The molecule has 0 N–H and O–H groups in total. The van der Waals surface area contributed by atoms with Crippen LogP contribution in [0.25, 0.3) is 22.4 Å². The van der Waals surface area contributed by atoms with Crippen LogP contribution in [0.15, 0.2) is 54.7 Å². The molecule has 0 amide bonds. The molecule has 0 saturated heterocycles. The first-order valence-electron chi connectivity index (χ1n) is 10.7. The molecule has 4 rings (SSSR count). The minimum atomic E-state index is 0.0440. The summed E-state index contributed by atoms with van der Waals surface area (Å²) in [6, 6.07) is 18.2. The Bertz CT molecular complexity index is 1090. The van der Waals surface area contributed by atoms with Crippen molar-refractivity contribution in [1.29, 1.82) is 0 Å². The monoisotopic (exact) mass is 383 g/mol. The topological polar surface area (TPSA) is 12.9 Å². The molecule has 2 aromatic carbocycles. The van der Waals surface area contributed by atoms with Gasteiger partial charge in [-0.1, -0.05) is 84.4 Å². The Morgan fingerprint density at radius 3 is 2.10 bits per heavy atom. The summed E-state index contributed by atoms with van der Waals surface area (Å²) in [6.07, 6.45) is 1.94. The fraction of sp³-hybridized carbons (Fsp3) is 0.393. The minimum absolute atomic E-state index is 0.0440. The van der Waals surface area contributed by atoms with Gasteiger partial charge in [0.05, 0.1) is 5.69 Å². The highest BCUT2D eigenvalue weighted by molar-refractivity contribution is 5.81. The van der Waals surface area contributed by atoms with Gasteiger partial charge in [0.2, 0.25) is 0 Å². The lowest BCUT2D eigenvalue weighted by molar-refractivity contribution is 0.299. The summed E-state index contributed by atoms with van der Waals surface area (Å²) < 4.78 is 0. The van der Waals surface area contributed by atoms with Crippen molar-refractivity contribution in [2.24, 2.45) is 0 Å². The summed E-state index contributed by atoms with van der Waals surface area (Å²) in [5.74, 6) is 0. The molecule has 0 unspecified atom stereocenters. The molecule has 0 fully saturated rings. The predicted molar refractivity (Wildman–Crippen MR) is 125 cm³/mol. The zero-order chi connectivity index (χ0) is 21.2. The number of pyridine rings is 1. The Labute approximate surface area is 176 Å². The first-order chi connectivity index (χ1) is 13.4. The molecule has 0 aliphatic heterocycles. The quantitative estimate of drug-likeness (QED) is 0.422. The van der Waals surface area contributed by atoms with E-state index in [-0.39, 0.29) is 16.2 Å². The maximum atomic E-state index is 4.71. The van der Waals surface area contributed by atoms with Gasteiger partial charge in [-0.05, 0) is 69.2 Å². The molecule has 0 radical (unpaired) electrons. The fourth-order valence-corrected chi connectivity index (χ4v) is 4.61. The third-order valence-electron chi connectivity index (χ3n) is 7.32. The van der Waals surface area contributed by atoms with Crippen molar-refractivity contribution in [2.45, 2.75) is 71.6 Å². The van der Waals surface area contributed by atoms with Crippen molar-refractivity contribution in [1.82, 2.24) is 4.98 Å². The molecule has 0 atom stereocenters. The summed E-state index contributed by atoms with van der Waals surface area (Å²) in [4.78, 5) is 4.71. The van der Waals surface area contributed by atoms with Crippen LogP contribution in [0.1, 0.15) is 70.7 Å². The number of hydrogen-bond donors (Lipinski definition) is 0. The largest absolute Gasteiger partial charge is 0.256 e. The maximum Gasteiger partial charge on any atom is 0.0705 e. The number of aryl methyl sites for hydroxylation is 1. The van der Waals surface area contributed by atoms with E-state index < -0.39 is 0 Å². The highest BCUT2D eigenvalue weighted by atomic mass is 14.7. The van der Waals surface area contributed by atoms with Crippen molar-refractivity contribution in [3.05, 3.63) is 77.0 Å². The predicted octanol–water partition coefficient (Wildman–Crippen LogP) is 7.59. The molecule has 1 aromatic heterocycles. The maximum absolute atomic E-state index is 4.71. The molecule has 1 heterocycles. The van der Waals surface area contributed by atoms with Gasteiger partial charge < -0.3 is 0 Å². The van der Waals surface area contributed by atoms with Crippen molar-refractivity contribution in [3.8, 4) is 22.4 Å². The molecule has 0 spiro atoms. The van der Waals surface area contributed by atoms with Gasteiger partial charge in [0.1, 0.15) is 0 Å². The van der Waals surface area contributed by atoms with Crippen LogP contribution in [0.2, 0.25) is 0 Å². The molecule has 3 aromatic rings. The van der Waals surface area contributed by atoms with Crippen molar-refractivity contribution in [3.63, 3.8) is 0 Å². The Hall–Kier alpha value is -2.41. The van der Waals surface area contributed by atoms with Crippen LogP contribution in [0.4, 0.5) is 0 Å². The summed E-state index contributed by atoms with van der Waals surface area (Å²) in [5.41, 5.74) is 10.7. The van der Waals surface area contributed by atoms with E-state index in [0.717, 1.165) is 5.69 Å². The fourth-order valence-electron chi connectivity index (χ4n) is 4.61. The Morgan fingerprint density at radius 2 is 1.41 bits per heavy atom. The zero-order valence-corrected chi connectivity index (χ0v) is 19.1. The van der Waals surface area contributed by atoms with E-state index in [0.29, 0.717) is 0 Å². The number of fused-ring (bicyclic) bond motifs is 3. The van der Waals surface area contributed by atoms with Crippen LogP contribution < -0.4 is 0 Å². The second kappa shape index (κ2) is 6.29. The van der Waals surface area contributed by atoms with Crippen molar-refractivity contribution < 1.29 is 0 Å². The molecule has 29 heavy (non-hydrogen) atoms. The van der Waals surface area contributed by atoms with Crippen LogP contribution >= 0.6 is 0 Å². The first-order valence-corrected chi connectivity index (χ1v) is 10.7. The lowest BCUT2D eigenvalue weighted by Gasteiger charge is -2.48. The third-order valence-corrected chi connectivity index (χ3v) is 7.32. The number of nitrogens with zero attached hydrogens (tertiary/aromatic N) is 1. The average Bonchev–Trinajstić information content (AvgIpc) is 2.66. The van der Waals surface area contributed by atoms with E-state index in [1.165, 1.54) is 38.9 Å². The summed E-state index contributed by atoms with van der Waals surface area (Å²) in [5, 5.41) is 0. The molecule has 0 saturated carbocycles. The summed E-state index contributed by atoms with van der Waals surface area (Å²) in [7, 11) is 0. The highest BCUT2D eigenvalue weighted by Crippen LogP contribution is 2.54. The molecule has 1 aliphatic rings. The van der Waals surface area contributed by atoms with Gasteiger partial charge in [0.25, 0.3) is 0 Å². The van der Waals surface area contributed by atoms with Gasteiger partial charge in [-0.3, -0.25) is 4.98 Å². The lowest BCUT2D eigenvalue weighted by Crippen LogP contribution is -2.43. The number of benzene rings is 2. The van der Waals surface area contributed by atoms with Crippen LogP contribution in [-0.2, 0) is 16.2 Å². The summed E-state index contributed by atoms with van der Waals surface area (Å²) in [6.45, 7) is 18.5. The normalized spacial score (nSPS) is 16.8. The molecule has 1 nitrogen and oxygen atoms in total. The lowest BCUT2D eigenvalue weighted by atomic mass is 9.55. The van der Waals surface area contributed by atoms with Gasteiger partial charge in [-0.2, -0.15) is 0 Å². The minimum Gasteiger partial charge on any atom is -0.256 e. The Balaban J connectivity index is 1.95. The molecule has 1 heteroatoms. The molecule has 150 valence electrons. The number of rotatable bonds is 1. The molecular weight excluding hydrogens is 350 g/mol. The molecular formula is C28H33N. The van der Waals surface area contributed by atoms with Crippen LogP contribution in [0.5, 0.6) is 0 Å². The highest BCUT2D eigenvalue weighted by Gasteiger charge is 2.45. The van der Waals surface area contributed by atoms with E-state index in [4.69, 9.17) is 4.98 Å². The molecule has 0 bridgehead atoms. The van der Waals surface area contributed by atoms with E-state index >= 15 is 0 Å². The Kier molecular flexibility index (Phi) is 4.31. The molecule has 1 aliphatic carbocycles. The number of aromatic nitrogens is 1.